The quantitative estimate of drug-likeness (QED) is 0.446. The van der Waals surface area contributed by atoms with Crippen LogP contribution in [0.2, 0.25) is 0 Å². The molecule has 0 bridgehead atoms. The van der Waals surface area contributed by atoms with Gasteiger partial charge >= 0.3 is 11.7 Å². The van der Waals surface area contributed by atoms with Crippen molar-refractivity contribution in [2.45, 2.75) is 25.7 Å². The van der Waals surface area contributed by atoms with Crippen molar-refractivity contribution < 1.29 is 24.0 Å². The molecule has 0 heterocycles. The second kappa shape index (κ2) is 7.30. The zero-order valence-electron chi connectivity index (χ0n) is 10.2. The lowest BCUT2D eigenvalue weighted by atomic mass is 10.2. The molecule has 1 aromatic carbocycles. The molecule has 0 saturated heterocycles. The van der Waals surface area contributed by atoms with Crippen molar-refractivity contribution >= 4 is 11.7 Å². The van der Waals surface area contributed by atoms with Crippen LogP contribution >= 0.6 is 0 Å². The number of ether oxygens (including phenoxy) is 1. The van der Waals surface area contributed by atoms with Gasteiger partial charge in [0.15, 0.2) is 5.75 Å². The van der Waals surface area contributed by atoms with Gasteiger partial charge in [-0.1, -0.05) is 0 Å². The summed E-state index contributed by atoms with van der Waals surface area (Å²) in [6.45, 7) is 0.184. The molecular weight excluding hydrogens is 257 g/mol. The third-order valence-corrected chi connectivity index (χ3v) is 2.41. The average Bonchev–Trinajstić information content (AvgIpc) is 2.33. The number of nitro groups is 1. The highest BCUT2D eigenvalue weighted by Crippen LogP contribution is 2.27. The highest BCUT2D eigenvalue weighted by molar-refractivity contribution is 5.66. The molecule has 0 unspecified atom stereocenters. The molecule has 7 heteroatoms. The summed E-state index contributed by atoms with van der Waals surface area (Å²) in [4.78, 5) is 20.3. The van der Waals surface area contributed by atoms with E-state index >= 15 is 0 Å². The molecule has 1 aromatic rings. The van der Waals surface area contributed by atoms with Gasteiger partial charge in [0.05, 0.1) is 11.5 Å². The molecule has 0 aliphatic carbocycles. The molecule has 6 nitrogen and oxygen atoms in total. The van der Waals surface area contributed by atoms with Crippen LogP contribution in [0.25, 0.3) is 0 Å². The maximum Gasteiger partial charge on any atom is 0.311 e. The second-order valence-electron chi connectivity index (χ2n) is 3.92. The van der Waals surface area contributed by atoms with Crippen LogP contribution in [0, 0.1) is 15.9 Å². The number of carbonyl (C=O) groups is 1. The molecule has 0 radical (unpaired) electrons. The van der Waals surface area contributed by atoms with Gasteiger partial charge in [-0.25, -0.2) is 4.39 Å². The molecule has 0 fully saturated rings. The van der Waals surface area contributed by atoms with Crippen molar-refractivity contribution in [2.75, 3.05) is 6.61 Å². The Hall–Kier alpha value is -2.18. The lowest BCUT2D eigenvalue weighted by Gasteiger charge is -2.06. The van der Waals surface area contributed by atoms with Gasteiger partial charge in [-0.15, -0.1) is 0 Å². The Balaban J connectivity index is 2.42. The number of hydrogen-bond acceptors (Lipinski definition) is 4. The number of rotatable bonds is 8. The van der Waals surface area contributed by atoms with E-state index in [1.807, 2.05) is 0 Å². The van der Waals surface area contributed by atoms with Crippen LogP contribution < -0.4 is 4.74 Å². The first-order chi connectivity index (χ1) is 9.00. The Kier molecular flexibility index (Phi) is 5.72. The normalized spacial score (nSPS) is 10.2. The molecule has 1 rings (SSSR count). The Bertz CT molecular complexity index is 463. The number of unbranched alkanes of at least 4 members (excludes halogenated alkanes) is 2. The van der Waals surface area contributed by atoms with Gasteiger partial charge in [-0.2, -0.15) is 0 Å². The van der Waals surface area contributed by atoms with Crippen molar-refractivity contribution in [2.24, 2.45) is 0 Å². The van der Waals surface area contributed by atoms with Gasteiger partial charge in [-0.3, -0.25) is 14.9 Å². The van der Waals surface area contributed by atoms with Gasteiger partial charge in [-0.05, 0) is 25.3 Å². The van der Waals surface area contributed by atoms with Crippen LogP contribution in [0.5, 0.6) is 5.75 Å². The number of halogens is 1. The third kappa shape index (κ3) is 5.33. The summed E-state index contributed by atoms with van der Waals surface area (Å²) in [6.07, 6.45) is 1.79. The van der Waals surface area contributed by atoms with Crippen molar-refractivity contribution in [3.05, 3.63) is 34.1 Å². The predicted molar refractivity (Wildman–Crippen MR) is 64.7 cm³/mol. The highest BCUT2D eigenvalue weighted by atomic mass is 19.1. The van der Waals surface area contributed by atoms with Gasteiger partial charge in [0.25, 0.3) is 0 Å². The first kappa shape index (κ1) is 14.9. The van der Waals surface area contributed by atoms with Crippen LogP contribution in [0.1, 0.15) is 25.7 Å². The fourth-order valence-corrected chi connectivity index (χ4v) is 1.49. The number of nitrogens with zero attached hydrogens (tertiary/aromatic N) is 1. The molecule has 0 amide bonds. The van der Waals surface area contributed by atoms with Gasteiger partial charge in [0, 0.05) is 18.6 Å². The van der Waals surface area contributed by atoms with E-state index in [1.165, 1.54) is 0 Å². The molecule has 0 aliphatic rings. The Labute approximate surface area is 109 Å². The van der Waals surface area contributed by atoms with E-state index in [1.54, 1.807) is 0 Å². The SMILES string of the molecule is O=C(O)CCCCCOc1cc(F)ccc1[N+](=O)[O-]. The highest BCUT2D eigenvalue weighted by Gasteiger charge is 2.15. The van der Waals surface area contributed by atoms with Gasteiger partial charge in [0.1, 0.15) is 5.82 Å². The first-order valence-electron chi connectivity index (χ1n) is 5.79. The van der Waals surface area contributed by atoms with Crippen LogP contribution in [0.15, 0.2) is 18.2 Å². The summed E-state index contributed by atoms with van der Waals surface area (Å²) in [5.41, 5.74) is -0.285. The number of carboxylic acids is 1. The van der Waals surface area contributed by atoms with E-state index in [9.17, 15) is 19.3 Å². The van der Waals surface area contributed by atoms with Crippen molar-refractivity contribution in [3.8, 4) is 5.75 Å². The van der Waals surface area contributed by atoms with Crippen LogP contribution in [-0.4, -0.2) is 22.6 Å². The molecule has 0 spiro atoms. The summed E-state index contributed by atoms with van der Waals surface area (Å²) in [7, 11) is 0. The number of benzene rings is 1. The molecule has 0 atom stereocenters. The fourth-order valence-electron chi connectivity index (χ4n) is 1.49. The summed E-state index contributed by atoms with van der Waals surface area (Å²) in [5, 5.41) is 19.1. The lowest BCUT2D eigenvalue weighted by Crippen LogP contribution is -2.02. The van der Waals surface area contributed by atoms with E-state index in [0.717, 1.165) is 18.2 Å². The lowest BCUT2D eigenvalue weighted by molar-refractivity contribution is -0.385. The number of aliphatic carboxylic acids is 1. The maximum atomic E-state index is 13.0. The average molecular weight is 271 g/mol. The first-order valence-corrected chi connectivity index (χ1v) is 5.79. The van der Waals surface area contributed by atoms with E-state index in [2.05, 4.69) is 0 Å². The molecule has 1 N–H and O–H groups in total. The number of carboxylic acid groups (broad SMARTS) is 1. The molecular formula is C12H14FNO5. The largest absolute Gasteiger partial charge is 0.487 e. The summed E-state index contributed by atoms with van der Waals surface area (Å²) in [5.74, 6) is -1.57. The monoisotopic (exact) mass is 271 g/mol. The minimum absolute atomic E-state index is 0.0834. The van der Waals surface area contributed by atoms with Crippen LogP contribution in [0.3, 0.4) is 0 Å². The van der Waals surface area contributed by atoms with Gasteiger partial charge < -0.3 is 9.84 Å². The topological polar surface area (TPSA) is 89.7 Å². The molecule has 104 valence electrons. The summed E-state index contributed by atoms with van der Waals surface area (Å²) >= 11 is 0. The van der Waals surface area contributed by atoms with E-state index in [4.69, 9.17) is 9.84 Å². The van der Waals surface area contributed by atoms with E-state index in [0.29, 0.717) is 19.3 Å². The Morgan fingerprint density at radius 1 is 1.37 bits per heavy atom. The third-order valence-electron chi connectivity index (χ3n) is 2.41. The smallest absolute Gasteiger partial charge is 0.311 e. The number of nitro benzene ring substituents is 1. The standard InChI is InChI=1S/C12H14FNO5/c13-9-5-6-10(14(17)18)11(8-9)19-7-3-1-2-4-12(15)16/h5-6,8H,1-4,7H2,(H,15,16). The molecule has 19 heavy (non-hydrogen) atoms. The zero-order chi connectivity index (χ0) is 14.3. The van der Waals surface area contributed by atoms with Crippen LogP contribution in [0.4, 0.5) is 10.1 Å². The molecule has 0 saturated carbocycles. The minimum atomic E-state index is -0.860. The van der Waals surface area contributed by atoms with Crippen molar-refractivity contribution in [3.63, 3.8) is 0 Å². The number of hydrogen-bond donors (Lipinski definition) is 1. The van der Waals surface area contributed by atoms with Gasteiger partial charge in [0.2, 0.25) is 0 Å². The van der Waals surface area contributed by atoms with E-state index in [-0.39, 0.29) is 24.5 Å². The fraction of sp³-hybridized carbons (Fsp3) is 0.417. The summed E-state index contributed by atoms with van der Waals surface area (Å²) < 4.78 is 18.1. The van der Waals surface area contributed by atoms with Crippen molar-refractivity contribution in [1.82, 2.24) is 0 Å². The van der Waals surface area contributed by atoms with Crippen molar-refractivity contribution in [1.29, 1.82) is 0 Å². The Morgan fingerprint density at radius 2 is 2.11 bits per heavy atom. The minimum Gasteiger partial charge on any atom is -0.487 e. The zero-order valence-corrected chi connectivity index (χ0v) is 10.2. The molecule has 0 aromatic heterocycles. The maximum absolute atomic E-state index is 13.0. The molecule has 0 aliphatic heterocycles. The second-order valence-corrected chi connectivity index (χ2v) is 3.92. The Morgan fingerprint density at radius 3 is 2.74 bits per heavy atom. The van der Waals surface area contributed by atoms with Crippen LogP contribution in [-0.2, 0) is 4.79 Å². The van der Waals surface area contributed by atoms with E-state index < -0.39 is 16.7 Å². The summed E-state index contributed by atoms with van der Waals surface area (Å²) in [6, 6.07) is 3.02. The predicted octanol–water partition coefficient (Wildman–Crippen LogP) is 2.76.